The molecule has 14 aromatic rings. The van der Waals surface area contributed by atoms with Gasteiger partial charge in [0.05, 0.1) is 29.6 Å². The van der Waals surface area contributed by atoms with Crippen molar-refractivity contribution in [3.05, 3.63) is 215 Å². The predicted molar refractivity (Wildman–Crippen MR) is 395 cm³/mol. The molecule has 0 bridgehead atoms. The zero-order valence-electron chi connectivity index (χ0n) is 56.4. The summed E-state index contributed by atoms with van der Waals surface area (Å²) < 4.78 is 11.0. The second kappa shape index (κ2) is 26.3. The van der Waals surface area contributed by atoms with E-state index in [0.717, 1.165) is 176 Å². The van der Waals surface area contributed by atoms with Crippen LogP contribution < -0.4 is 17.2 Å². The maximum absolute atomic E-state index is 13.6. The van der Waals surface area contributed by atoms with Crippen molar-refractivity contribution in [3.8, 4) is 34.2 Å². The quantitative estimate of drug-likeness (QED) is 0.0785. The maximum Gasteiger partial charge on any atom is 0.409 e. The molecule has 4 aliphatic rings. The SMILES string of the molecule is COC(=O)N1CCC(c2nc(-c3cc4ccccc4[nH]3)c3c(N)nccn23)CC1.Cc1cc(Cl)ccc1C(=O)N1CCC(c2nc(-c3cc4ccccc4[nH]3)c3c(N)nccn23)CC1.Cc1ccc(C2(C(=O)N3CCC(c4nc(-c5cc6ccccc6[nH]5)c5c(N)nccn45)CC3)CC2)cc1. The Morgan fingerprint density at radius 3 is 1.26 bits per heavy atom. The fourth-order valence-electron chi connectivity index (χ4n) is 15.4. The Hall–Kier alpha value is -11.5. The highest BCUT2D eigenvalue weighted by Gasteiger charge is 2.53. The molecule has 4 fully saturated rings. The highest BCUT2D eigenvalue weighted by Crippen LogP contribution is 2.51. The lowest BCUT2D eigenvalue weighted by molar-refractivity contribution is -0.135. The number of rotatable bonds is 9. The first-order valence-electron chi connectivity index (χ1n) is 34.5. The van der Waals surface area contributed by atoms with Crippen LogP contribution in [-0.2, 0) is 14.9 Å². The first kappa shape index (κ1) is 64.2. The molecule has 101 heavy (non-hydrogen) atoms. The van der Waals surface area contributed by atoms with Crippen LogP contribution in [0.5, 0.6) is 0 Å². The summed E-state index contributed by atoms with van der Waals surface area (Å²) in [4.78, 5) is 82.9. The monoisotopic (exact) mass is 1360 g/mol. The number of aromatic nitrogens is 12. The van der Waals surface area contributed by atoms with Gasteiger partial charge in [-0.25, -0.2) is 34.7 Å². The number of ether oxygens (including phenoxy) is 1. The van der Waals surface area contributed by atoms with Crippen molar-refractivity contribution in [3.63, 3.8) is 0 Å². The highest BCUT2D eigenvalue weighted by atomic mass is 35.5. The Balaban J connectivity index is 0.000000118. The van der Waals surface area contributed by atoms with Gasteiger partial charge in [-0.05, 0) is 131 Å². The minimum atomic E-state index is -0.316. The number of anilines is 3. The molecular weight excluding hydrogens is 1290 g/mol. The van der Waals surface area contributed by atoms with E-state index in [1.165, 1.54) is 12.7 Å². The van der Waals surface area contributed by atoms with Gasteiger partial charge in [-0.15, -0.1) is 0 Å². The number of halogens is 1. The van der Waals surface area contributed by atoms with Crippen LogP contribution in [0.2, 0.25) is 5.02 Å². The van der Waals surface area contributed by atoms with Crippen LogP contribution in [0.1, 0.15) is 114 Å². The number of imidazole rings is 3. The molecular formula is C78H77ClN18O4. The number of nitrogen functional groups attached to an aromatic ring is 3. The van der Waals surface area contributed by atoms with Crippen LogP contribution in [0.3, 0.4) is 0 Å². The van der Waals surface area contributed by atoms with E-state index in [-0.39, 0.29) is 41.1 Å². The second-order valence-corrected chi connectivity index (χ2v) is 27.6. The van der Waals surface area contributed by atoms with Crippen LogP contribution in [0.15, 0.2) is 171 Å². The molecule has 3 amide bonds. The van der Waals surface area contributed by atoms with E-state index in [9.17, 15) is 14.4 Å². The lowest BCUT2D eigenvalue weighted by Crippen LogP contribution is -2.43. The number of piperidine rings is 3. The Labute approximate surface area is 586 Å². The normalized spacial score (nSPS) is 15.9. The van der Waals surface area contributed by atoms with Gasteiger partial charge in [-0.2, -0.15) is 0 Å². The zero-order chi connectivity index (χ0) is 69.2. The molecule has 9 aromatic heterocycles. The summed E-state index contributed by atoms with van der Waals surface area (Å²) >= 11 is 6.07. The molecule has 1 saturated carbocycles. The van der Waals surface area contributed by atoms with Gasteiger partial charge in [-0.1, -0.05) is 96.0 Å². The minimum absolute atomic E-state index is 0.0535. The van der Waals surface area contributed by atoms with Crippen LogP contribution >= 0.6 is 11.6 Å². The molecule has 22 nitrogen and oxygen atoms in total. The second-order valence-electron chi connectivity index (χ2n) is 27.1. The lowest BCUT2D eigenvalue weighted by Gasteiger charge is -2.34. The number of methoxy groups -OCH3 is 1. The molecule has 18 rings (SSSR count). The number of hydrogen-bond acceptors (Lipinski definition) is 13. The van der Waals surface area contributed by atoms with Crippen LogP contribution in [-0.4, -0.2) is 137 Å². The van der Waals surface area contributed by atoms with Gasteiger partial charge in [0.15, 0.2) is 0 Å². The molecule has 1 aliphatic carbocycles. The summed E-state index contributed by atoms with van der Waals surface area (Å²) in [7, 11) is 1.42. The number of para-hydroxylation sites is 3. The third-order valence-corrected chi connectivity index (χ3v) is 21.2. The van der Waals surface area contributed by atoms with E-state index in [4.69, 9.17) is 48.5 Å². The molecule has 3 aliphatic heterocycles. The number of carbonyl (C=O) groups is 3. The summed E-state index contributed by atoms with van der Waals surface area (Å²) in [5, 5.41) is 4.02. The molecule has 9 N–H and O–H groups in total. The van der Waals surface area contributed by atoms with Gasteiger partial charge in [0.1, 0.15) is 68.6 Å². The largest absolute Gasteiger partial charge is 0.453 e. The number of aromatic amines is 3. The number of fused-ring (bicyclic) bond motifs is 6. The number of H-pyrrole nitrogens is 3. The predicted octanol–water partition coefficient (Wildman–Crippen LogP) is 14.1. The molecule has 5 aromatic carbocycles. The van der Waals surface area contributed by atoms with Crippen molar-refractivity contribution < 1.29 is 19.1 Å². The Bertz CT molecular complexity index is 5380. The number of aryl methyl sites for hydroxylation is 2. The maximum atomic E-state index is 13.6. The highest BCUT2D eigenvalue weighted by molar-refractivity contribution is 6.30. The zero-order valence-corrected chi connectivity index (χ0v) is 57.2. The average Bonchev–Trinajstić information content (AvgIpc) is 1.62. The number of nitrogens with one attached hydrogen (secondary N) is 3. The fourth-order valence-corrected chi connectivity index (χ4v) is 15.6. The first-order chi connectivity index (χ1) is 49.2. The molecule has 3 saturated heterocycles. The van der Waals surface area contributed by atoms with E-state index in [0.29, 0.717) is 54.2 Å². The first-order valence-corrected chi connectivity index (χ1v) is 34.9. The molecule has 0 radical (unpaired) electrons. The number of benzene rings is 5. The van der Waals surface area contributed by atoms with Crippen LogP contribution in [0.4, 0.5) is 22.2 Å². The van der Waals surface area contributed by atoms with Gasteiger partial charge in [0.2, 0.25) is 5.91 Å². The van der Waals surface area contributed by atoms with Gasteiger partial charge < -0.3 is 51.6 Å². The van der Waals surface area contributed by atoms with Crippen molar-refractivity contribution in [2.24, 2.45) is 0 Å². The number of amides is 3. The van der Waals surface area contributed by atoms with E-state index in [1.54, 1.807) is 29.6 Å². The average molecular weight is 1370 g/mol. The van der Waals surface area contributed by atoms with Crippen LogP contribution in [0.25, 0.3) is 83.4 Å². The van der Waals surface area contributed by atoms with Crippen molar-refractivity contribution in [1.82, 2.24) is 72.8 Å². The Morgan fingerprint density at radius 1 is 0.495 bits per heavy atom. The number of nitrogens with two attached hydrogens (primary N) is 3. The van der Waals surface area contributed by atoms with Crippen molar-refractivity contribution >= 4 is 96.2 Å². The van der Waals surface area contributed by atoms with E-state index >= 15 is 0 Å². The fraction of sp³-hybridized carbons (Fsp3) is 0.269. The van der Waals surface area contributed by atoms with Gasteiger partial charge in [0, 0.05) is 137 Å². The number of carbonyl (C=O) groups excluding carboxylic acids is 3. The third-order valence-electron chi connectivity index (χ3n) is 21.0. The van der Waals surface area contributed by atoms with E-state index in [2.05, 4.69) is 123 Å². The van der Waals surface area contributed by atoms with Gasteiger partial charge in [0.25, 0.3) is 5.91 Å². The van der Waals surface area contributed by atoms with Gasteiger partial charge in [-0.3, -0.25) is 22.8 Å². The Morgan fingerprint density at radius 2 is 0.881 bits per heavy atom. The smallest absolute Gasteiger partial charge is 0.409 e. The summed E-state index contributed by atoms with van der Waals surface area (Å²) in [5.41, 5.74) is 33.5. The standard InChI is InChI=1S/C30H30N6O.C27H25ClN6O.C21H22N6O2/c1-19-6-8-22(9-7-19)30(12-13-30)29(37)35-15-10-20(11-16-35)28-34-25(26-27(31)32-14-17-36(26)28)24-18-21-4-2-3-5-23(21)33-24;1-16-14-19(28)6-7-20(16)27(35)33-11-8-17(9-12-33)26-32-23(24-25(29)30-10-13-34(24)26)22-15-18-4-2-3-5-21(18)31-22;1-29-21(28)26-9-6-13(7-10-26)20-25-17(18-19(22)23-8-11-27(18)20)16-12-14-4-2-3-5-15(14)24-16/h2-9,14,17-18,20,33H,10-13,15-16H2,1H3,(H2,31,32);2-7,10,13-15,17,31H,8-9,11-12H2,1H3,(H2,29,30);2-5,8,11-13,24H,6-7,9-10H2,1H3,(H2,22,23). The van der Waals surface area contributed by atoms with Crippen molar-refractivity contribution in [2.75, 3.05) is 63.6 Å². The van der Waals surface area contributed by atoms with E-state index in [1.807, 2.05) is 89.4 Å². The van der Waals surface area contributed by atoms with Crippen LogP contribution in [0, 0.1) is 13.8 Å². The third kappa shape index (κ3) is 11.9. The Kier molecular flexibility index (Phi) is 16.7. The summed E-state index contributed by atoms with van der Waals surface area (Å²) in [6, 6.07) is 44.7. The molecule has 23 heteroatoms. The molecule has 0 unspecified atom stereocenters. The van der Waals surface area contributed by atoms with E-state index < -0.39 is 0 Å². The topological polar surface area (TPSA) is 286 Å². The van der Waals surface area contributed by atoms with Gasteiger partial charge >= 0.3 is 6.09 Å². The summed E-state index contributed by atoms with van der Waals surface area (Å²) in [6.45, 7) is 8.13. The van der Waals surface area contributed by atoms with Crippen molar-refractivity contribution in [1.29, 1.82) is 0 Å². The molecule has 0 spiro atoms. The molecule has 510 valence electrons. The number of hydrogen-bond donors (Lipinski definition) is 6. The minimum Gasteiger partial charge on any atom is -0.453 e. The summed E-state index contributed by atoms with van der Waals surface area (Å²) in [5.74, 6) is 5.28. The lowest BCUT2D eigenvalue weighted by atomic mass is 9.90. The van der Waals surface area contributed by atoms with Crippen molar-refractivity contribution in [2.45, 2.75) is 88.4 Å². The molecule has 12 heterocycles. The number of nitrogens with zero attached hydrogens (tertiary/aromatic N) is 12. The molecule has 0 atom stereocenters. The summed E-state index contributed by atoms with van der Waals surface area (Å²) in [6.07, 6.45) is 17.6. The number of likely N-dealkylation sites (tertiary alicyclic amines) is 3.